The van der Waals surface area contributed by atoms with Crippen molar-refractivity contribution in [3.63, 3.8) is 0 Å². The number of hydrogen-bond donors (Lipinski definition) is 1. The third-order valence-corrected chi connectivity index (χ3v) is 4.50. The molecule has 0 saturated carbocycles. The third-order valence-electron chi connectivity index (χ3n) is 4.50. The molecule has 0 saturated heterocycles. The molecule has 0 fully saturated rings. The summed E-state index contributed by atoms with van der Waals surface area (Å²) in [5.74, 6) is 1.35. The second-order valence-electron chi connectivity index (χ2n) is 6.66. The highest BCUT2D eigenvalue weighted by molar-refractivity contribution is 5.94. The predicted molar refractivity (Wildman–Crippen MR) is 109 cm³/mol. The van der Waals surface area contributed by atoms with Crippen LogP contribution in [-0.4, -0.2) is 27.8 Å². The zero-order valence-corrected chi connectivity index (χ0v) is 15.6. The summed E-state index contributed by atoms with van der Waals surface area (Å²) in [5.41, 5.74) is 3.54. The molecule has 28 heavy (non-hydrogen) atoms. The summed E-state index contributed by atoms with van der Waals surface area (Å²) in [7, 11) is 1.77. The van der Waals surface area contributed by atoms with E-state index in [-0.39, 0.29) is 5.91 Å². The molecule has 0 unspecified atom stereocenters. The monoisotopic (exact) mass is 371 g/mol. The van der Waals surface area contributed by atoms with E-state index in [0.717, 1.165) is 22.4 Å². The fraction of sp³-hybridized carbons (Fsp3) is 0.130. The number of rotatable bonds is 6. The molecule has 4 rings (SSSR count). The van der Waals surface area contributed by atoms with E-state index in [2.05, 4.69) is 9.97 Å². The maximum Gasteiger partial charge on any atom is 0.254 e. The molecule has 1 N–H and O–H groups in total. The van der Waals surface area contributed by atoms with Gasteiger partial charge >= 0.3 is 0 Å². The average molecular weight is 371 g/mol. The molecule has 0 aliphatic carbocycles. The first-order valence-corrected chi connectivity index (χ1v) is 9.15. The molecule has 5 heteroatoms. The van der Waals surface area contributed by atoms with Crippen LogP contribution in [0.3, 0.4) is 0 Å². The van der Waals surface area contributed by atoms with Crippen LogP contribution < -0.4 is 4.74 Å². The van der Waals surface area contributed by atoms with Gasteiger partial charge in [0.2, 0.25) is 0 Å². The Morgan fingerprint density at radius 1 is 1.00 bits per heavy atom. The Kier molecular flexibility index (Phi) is 5.06. The van der Waals surface area contributed by atoms with E-state index >= 15 is 0 Å². The summed E-state index contributed by atoms with van der Waals surface area (Å²) >= 11 is 0. The number of nitrogens with one attached hydrogen (secondary N) is 1. The van der Waals surface area contributed by atoms with E-state index in [4.69, 9.17) is 4.74 Å². The van der Waals surface area contributed by atoms with Gasteiger partial charge in [-0.2, -0.15) is 0 Å². The Morgan fingerprint density at radius 3 is 2.61 bits per heavy atom. The minimum Gasteiger partial charge on any atom is -0.489 e. The summed E-state index contributed by atoms with van der Waals surface area (Å²) < 4.78 is 5.83. The number of ether oxygens (including phenoxy) is 1. The zero-order valence-electron chi connectivity index (χ0n) is 15.6. The number of H-pyrrole nitrogens is 1. The van der Waals surface area contributed by atoms with Gasteiger partial charge in [-0.25, -0.2) is 4.98 Å². The van der Waals surface area contributed by atoms with Crippen molar-refractivity contribution in [2.24, 2.45) is 0 Å². The molecule has 1 amide bonds. The lowest BCUT2D eigenvalue weighted by atomic mass is 10.2. The van der Waals surface area contributed by atoms with Crippen LogP contribution in [0.4, 0.5) is 0 Å². The van der Waals surface area contributed by atoms with Gasteiger partial charge in [0, 0.05) is 12.6 Å². The van der Waals surface area contributed by atoms with Crippen molar-refractivity contribution < 1.29 is 9.53 Å². The Hall–Kier alpha value is -3.60. The number of fused-ring (bicyclic) bond motifs is 1. The summed E-state index contributed by atoms with van der Waals surface area (Å²) in [6.07, 6.45) is 0. The Morgan fingerprint density at radius 2 is 1.79 bits per heavy atom. The van der Waals surface area contributed by atoms with Crippen molar-refractivity contribution in [1.82, 2.24) is 14.9 Å². The molecule has 5 nitrogen and oxygen atoms in total. The third kappa shape index (κ3) is 4.04. The normalized spacial score (nSPS) is 10.8. The van der Waals surface area contributed by atoms with Gasteiger partial charge in [0.1, 0.15) is 18.2 Å². The van der Waals surface area contributed by atoms with Gasteiger partial charge in [0.15, 0.2) is 0 Å². The molecule has 140 valence electrons. The standard InChI is InChI=1S/C23H21N3O2/c1-26(15-22-24-20-12-5-6-13-21(20)25-22)23(27)18-10-7-11-19(14-18)28-16-17-8-3-2-4-9-17/h2-14H,15-16H2,1H3,(H,24,25). The second kappa shape index (κ2) is 7.96. The van der Waals surface area contributed by atoms with E-state index in [1.807, 2.05) is 66.7 Å². The summed E-state index contributed by atoms with van der Waals surface area (Å²) in [5, 5.41) is 0. The number of carbonyl (C=O) groups is 1. The molecule has 1 heterocycles. The quantitative estimate of drug-likeness (QED) is 0.546. The van der Waals surface area contributed by atoms with Crippen LogP contribution in [0.15, 0.2) is 78.9 Å². The molecule has 0 atom stereocenters. The fourth-order valence-electron chi connectivity index (χ4n) is 3.06. The molecular weight excluding hydrogens is 350 g/mol. The number of nitrogens with zero attached hydrogens (tertiary/aromatic N) is 2. The van der Waals surface area contributed by atoms with Crippen molar-refractivity contribution in [3.8, 4) is 5.75 Å². The van der Waals surface area contributed by atoms with E-state index in [1.54, 1.807) is 24.1 Å². The van der Waals surface area contributed by atoms with Crippen LogP contribution >= 0.6 is 0 Å². The van der Waals surface area contributed by atoms with Gasteiger partial charge in [-0.3, -0.25) is 4.79 Å². The zero-order chi connectivity index (χ0) is 19.3. The molecule has 1 aromatic heterocycles. The van der Waals surface area contributed by atoms with Gasteiger partial charge < -0.3 is 14.6 Å². The molecular formula is C23H21N3O2. The molecule has 3 aromatic carbocycles. The maximum atomic E-state index is 12.8. The summed E-state index contributed by atoms with van der Waals surface area (Å²) in [4.78, 5) is 22.3. The first-order valence-electron chi connectivity index (χ1n) is 9.15. The first kappa shape index (κ1) is 17.8. The number of amides is 1. The number of aromatic nitrogens is 2. The van der Waals surface area contributed by atoms with E-state index < -0.39 is 0 Å². The smallest absolute Gasteiger partial charge is 0.254 e. The van der Waals surface area contributed by atoms with E-state index in [9.17, 15) is 4.79 Å². The molecule has 0 spiro atoms. The molecule has 0 bridgehead atoms. The van der Waals surface area contributed by atoms with Crippen LogP contribution in [0.25, 0.3) is 11.0 Å². The topological polar surface area (TPSA) is 58.2 Å². The highest BCUT2D eigenvalue weighted by Gasteiger charge is 2.14. The highest BCUT2D eigenvalue weighted by Crippen LogP contribution is 2.18. The largest absolute Gasteiger partial charge is 0.489 e. The number of aromatic amines is 1. The minimum atomic E-state index is -0.0781. The van der Waals surface area contributed by atoms with Crippen molar-refractivity contribution >= 4 is 16.9 Å². The Labute approximate surface area is 163 Å². The molecule has 0 radical (unpaired) electrons. The predicted octanol–water partition coefficient (Wildman–Crippen LogP) is 4.41. The number of hydrogen-bond acceptors (Lipinski definition) is 3. The molecule has 0 aliphatic heterocycles. The number of para-hydroxylation sites is 2. The van der Waals surface area contributed by atoms with Gasteiger partial charge in [0.25, 0.3) is 5.91 Å². The first-order chi connectivity index (χ1) is 13.7. The Balaban J connectivity index is 1.43. The maximum absolute atomic E-state index is 12.8. The van der Waals surface area contributed by atoms with E-state index in [0.29, 0.717) is 24.5 Å². The van der Waals surface area contributed by atoms with Crippen molar-refractivity contribution in [1.29, 1.82) is 0 Å². The minimum absolute atomic E-state index is 0.0781. The van der Waals surface area contributed by atoms with Crippen LogP contribution in [0, 0.1) is 0 Å². The lowest BCUT2D eigenvalue weighted by Crippen LogP contribution is -2.26. The second-order valence-corrected chi connectivity index (χ2v) is 6.66. The van der Waals surface area contributed by atoms with Crippen LogP contribution in [-0.2, 0) is 13.2 Å². The molecule has 0 aliphatic rings. The van der Waals surface area contributed by atoms with Crippen molar-refractivity contribution in [2.75, 3.05) is 7.05 Å². The fourth-order valence-corrected chi connectivity index (χ4v) is 3.06. The number of benzene rings is 3. The lowest BCUT2D eigenvalue weighted by molar-refractivity contribution is 0.0781. The van der Waals surface area contributed by atoms with Crippen LogP contribution in [0.1, 0.15) is 21.7 Å². The van der Waals surface area contributed by atoms with Gasteiger partial charge in [-0.05, 0) is 35.9 Å². The highest BCUT2D eigenvalue weighted by atomic mass is 16.5. The summed E-state index contributed by atoms with van der Waals surface area (Å²) in [6, 6.07) is 25.0. The summed E-state index contributed by atoms with van der Waals surface area (Å²) in [6.45, 7) is 0.871. The van der Waals surface area contributed by atoms with E-state index in [1.165, 1.54) is 0 Å². The van der Waals surface area contributed by atoms with Gasteiger partial charge in [-0.1, -0.05) is 48.5 Å². The van der Waals surface area contributed by atoms with Gasteiger partial charge in [-0.15, -0.1) is 0 Å². The Bertz CT molecular complexity index is 1060. The average Bonchev–Trinajstić information content (AvgIpc) is 3.15. The van der Waals surface area contributed by atoms with Gasteiger partial charge in [0.05, 0.1) is 17.6 Å². The SMILES string of the molecule is CN(Cc1nc2ccccc2[nH]1)C(=O)c1cccc(OCc2ccccc2)c1. The van der Waals surface area contributed by atoms with Crippen LogP contribution in [0.5, 0.6) is 5.75 Å². The van der Waals surface area contributed by atoms with Crippen molar-refractivity contribution in [2.45, 2.75) is 13.2 Å². The van der Waals surface area contributed by atoms with Crippen LogP contribution in [0.2, 0.25) is 0 Å². The molecule has 4 aromatic rings. The number of carbonyl (C=O) groups excluding carboxylic acids is 1. The number of imidazole rings is 1. The van der Waals surface area contributed by atoms with Crippen molar-refractivity contribution in [3.05, 3.63) is 95.8 Å². The lowest BCUT2D eigenvalue weighted by Gasteiger charge is -2.16.